The molecule has 17 heteroatoms. The molecule has 0 aromatic heterocycles. The predicted molar refractivity (Wildman–Crippen MR) is 113 cm³/mol. The molecule has 3 fully saturated rings. The van der Waals surface area contributed by atoms with Crippen molar-refractivity contribution in [3.8, 4) is 0 Å². The van der Waals surface area contributed by atoms with E-state index < -0.39 is 118 Å². The van der Waals surface area contributed by atoms with Gasteiger partial charge in [-0.3, -0.25) is 4.79 Å². The van der Waals surface area contributed by atoms with Crippen molar-refractivity contribution in [2.24, 2.45) is 0 Å². The third-order valence-corrected chi connectivity index (χ3v) is 6.49. The molecule has 216 valence electrons. The summed E-state index contributed by atoms with van der Waals surface area (Å²) in [5.74, 6) is -0.620. The molecule has 0 unspecified atom stereocenters. The molecule has 3 heterocycles. The Bertz CT molecular complexity index is 743. The van der Waals surface area contributed by atoms with E-state index >= 15 is 0 Å². The van der Waals surface area contributed by atoms with Gasteiger partial charge < -0.3 is 80.1 Å². The van der Waals surface area contributed by atoms with Crippen molar-refractivity contribution < 1.29 is 79.5 Å². The maximum atomic E-state index is 11.4. The maximum absolute atomic E-state index is 11.4. The first-order chi connectivity index (χ1) is 17.4. The van der Waals surface area contributed by atoms with Crippen molar-refractivity contribution in [1.82, 2.24) is 5.32 Å². The second kappa shape index (κ2) is 12.8. The van der Waals surface area contributed by atoms with Gasteiger partial charge in [0.2, 0.25) is 5.91 Å². The number of aliphatic hydroxyl groups excluding tert-OH is 10. The van der Waals surface area contributed by atoms with Crippen LogP contribution in [0.4, 0.5) is 0 Å². The van der Waals surface area contributed by atoms with Crippen molar-refractivity contribution in [2.45, 2.75) is 99.0 Å². The molecule has 0 bridgehead atoms. The molecule has 3 aliphatic heterocycles. The highest BCUT2D eigenvalue weighted by atomic mass is 16.7. The minimum atomic E-state index is -1.92. The smallest absolute Gasteiger partial charge is 0.217 e. The van der Waals surface area contributed by atoms with Gasteiger partial charge in [-0.15, -0.1) is 0 Å². The fourth-order valence-electron chi connectivity index (χ4n) is 4.46. The Kier molecular flexibility index (Phi) is 10.5. The third kappa shape index (κ3) is 6.38. The zero-order valence-electron chi connectivity index (χ0n) is 19.7. The van der Waals surface area contributed by atoms with Crippen LogP contribution in [0.3, 0.4) is 0 Å². The summed E-state index contributed by atoms with van der Waals surface area (Å²) in [7, 11) is 0. The topological polar surface area (TPSA) is 278 Å². The van der Waals surface area contributed by atoms with Gasteiger partial charge in [0, 0.05) is 6.92 Å². The number of carbonyl (C=O) groups is 1. The van der Waals surface area contributed by atoms with Crippen LogP contribution in [0.1, 0.15) is 6.92 Å². The lowest BCUT2D eigenvalue weighted by Crippen LogP contribution is -2.68. The Labute approximate surface area is 210 Å². The molecule has 0 spiro atoms. The van der Waals surface area contributed by atoms with Crippen LogP contribution < -0.4 is 5.32 Å². The van der Waals surface area contributed by atoms with Gasteiger partial charge in [-0.2, -0.15) is 0 Å². The fraction of sp³-hybridized carbons (Fsp3) is 0.950. The van der Waals surface area contributed by atoms with E-state index in [1.807, 2.05) is 0 Å². The Morgan fingerprint density at radius 1 is 0.649 bits per heavy atom. The Morgan fingerprint density at radius 2 is 1.11 bits per heavy atom. The van der Waals surface area contributed by atoms with Gasteiger partial charge in [0.1, 0.15) is 73.2 Å². The van der Waals surface area contributed by atoms with E-state index in [-0.39, 0.29) is 0 Å². The highest BCUT2D eigenvalue weighted by molar-refractivity contribution is 5.73. The number of hydrogen-bond donors (Lipinski definition) is 11. The first kappa shape index (κ1) is 30.4. The van der Waals surface area contributed by atoms with Crippen LogP contribution in [0.15, 0.2) is 0 Å². The van der Waals surface area contributed by atoms with Crippen LogP contribution >= 0.6 is 0 Å². The summed E-state index contributed by atoms with van der Waals surface area (Å²) in [4.78, 5) is 11.4. The van der Waals surface area contributed by atoms with Gasteiger partial charge in [-0.25, -0.2) is 0 Å². The average molecular weight is 545 g/mol. The first-order valence-corrected chi connectivity index (χ1v) is 11.6. The highest BCUT2D eigenvalue weighted by Crippen LogP contribution is 2.32. The predicted octanol–water partition coefficient (Wildman–Crippen LogP) is -7.43. The molecular weight excluding hydrogens is 510 g/mol. The molecule has 3 rings (SSSR count). The van der Waals surface area contributed by atoms with Crippen LogP contribution in [-0.4, -0.2) is 169 Å². The molecule has 3 aliphatic rings. The summed E-state index contributed by atoms with van der Waals surface area (Å²) >= 11 is 0. The summed E-state index contributed by atoms with van der Waals surface area (Å²) in [6.07, 6.45) is -23.2. The highest BCUT2D eigenvalue weighted by Gasteiger charge is 2.53. The van der Waals surface area contributed by atoms with Crippen molar-refractivity contribution >= 4 is 5.91 Å². The second-order valence-corrected chi connectivity index (χ2v) is 9.07. The van der Waals surface area contributed by atoms with Crippen LogP contribution in [0.25, 0.3) is 0 Å². The number of carbonyl (C=O) groups excluding carboxylic acids is 1. The molecule has 17 nitrogen and oxygen atoms in total. The molecule has 11 N–H and O–H groups in total. The summed E-state index contributed by atoms with van der Waals surface area (Å²) < 4.78 is 26.9. The Morgan fingerprint density at radius 3 is 1.62 bits per heavy atom. The average Bonchev–Trinajstić information content (AvgIpc) is 2.87. The lowest BCUT2D eigenvalue weighted by Gasteiger charge is -2.48. The van der Waals surface area contributed by atoms with Crippen LogP contribution in [0.5, 0.6) is 0 Å². The number of hydrogen-bond acceptors (Lipinski definition) is 16. The van der Waals surface area contributed by atoms with Crippen molar-refractivity contribution in [1.29, 1.82) is 0 Å². The molecule has 0 saturated carbocycles. The van der Waals surface area contributed by atoms with Gasteiger partial charge in [0.05, 0.1) is 19.8 Å². The molecule has 15 atom stereocenters. The van der Waals surface area contributed by atoms with Gasteiger partial charge in [-0.1, -0.05) is 0 Å². The second-order valence-electron chi connectivity index (χ2n) is 9.07. The van der Waals surface area contributed by atoms with Crippen molar-refractivity contribution in [3.63, 3.8) is 0 Å². The number of rotatable bonds is 8. The van der Waals surface area contributed by atoms with Crippen LogP contribution in [-0.2, 0) is 28.5 Å². The molecule has 0 aromatic carbocycles. The van der Waals surface area contributed by atoms with E-state index in [4.69, 9.17) is 23.7 Å². The molecular formula is C20H35NO16. The number of nitrogens with one attached hydrogen (secondary N) is 1. The number of amides is 1. The van der Waals surface area contributed by atoms with Gasteiger partial charge in [-0.05, 0) is 0 Å². The zero-order chi connectivity index (χ0) is 27.6. The largest absolute Gasteiger partial charge is 0.394 e. The summed E-state index contributed by atoms with van der Waals surface area (Å²) in [6, 6.07) is -1.38. The Hall–Kier alpha value is -1.13. The quantitative estimate of drug-likeness (QED) is 0.135. The minimum Gasteiger partial charge on any atom is -0.394 e. The molecule has 1 amide bonds. The van der Waals surface area contributed by atoms with E-state index in [0.717, 1.165) is 6.92 Å². The van der Waals surface area contributed by atoms with Gasteiger partial charge >= 0.3 is 0 Å². The van der Waals surface area contributed by atoms with Gasteiger partial charge in [0.15, 0.2) is 18.9 Å². The zero-order valence-corrected chi connectivity index (χ0v) is 19.7. The van der Waals surface area contributed by atoms with Gasteiger partial charge in [0.25, 0.3) is 0 Å². The lowest BCUT2D eigenvalue weighted by molar-refractivity contribution is -0.373. The van der Waals surface area contributed by atoms with Crippen LogP contribution in [0.2, 0.25) is 0 Å². The van der Waals surface area contributed by atoms with Crippen molar-refractivity contribution in [3.05, 3.63) is 0 Å². The van der Waals surface area contributed by atoms with E-state index in [2.05, 4.69) is 5.32 Å². The number of aliphatic hydroxyl groups is 10. The third-order valence-electron chi connectivity index (χ3n) is 6.49. The van der Waals surface area contributed by atoms with Crippen LogP contribution in [0, 0.1) is 0 Å². The summed E-state index contributed by atoms with van der Waals surface area (Å²) in [6.45, 7) is -1.21. The number of ether oxygens (including phenoxy) is 5. The molecule has 3 saturated heterocycles. The lowest BCUT2D eigenvalue weighted by atomic mass is 9.95. The molecule has 0 aromatic rings. The minimum absolute atomic E-state index is 0.620. The Balaban J connectivity index is 1.74. The maximum Gasteiger partial charge on any atom is 0.217 e. The molecule has 37 heavy (non-hydrogen) atoms. The van der Waals surface area contributed by atoms with E-state index in [1.54, 1.807) is 0 Å². The van der Waals surface area contributed by atoms with E-state index in [1.165, 1.54) is 0 Å². The summed E-state index contributed by atoms with van der Waals surface area (Å²) in [5, 5.41) is 103. The van der Waals surface area contributed by atoms with Crippen molar-refractivity contribution in [2.75, 3.05) is 19.8 Å². The molecule has 0 aliphatic carbocycles. The monoisotopic (exact) mass is 545 g/mol. The fourth-order valence-corrected chi connectivity index (χ4v) is 4.46. The first-order valence-electron chi connectivity index (χ1n) is 11.6. The van der Waals surface area contributed by atoms with E-state index in [0.29, 0.717) is 0 Å². The SMILES string of the molecule is CC(=O)N[C@H]1[C@@H](O)[C@H](O[C@@H]2O[C@H](CO)[C@H](O[C@@H]3O[C@H](CO)[C@H](O)[C@H](O)[C@H]3O)[C@H](O)[C@H]2O)[C@@H](CO)O[C@@H]1O. The molecule has 0 radical (unpaired) electrons. The normalized spacial score (nSPS) is 49.0. The standard InChI is InChI=1S/C20H35NO16/c1-5(25)21-9-11(27)16(7(3-23)33-18(9)32)36-20-15(31)13(29)17(8(4-24)35-20)37-19-14(30)12(28)10(26)6(2-22)34-19/h6-20,22-24,26-32H,2-4H2,1H3,(H,21,25)/t6-,7-,8-,9+,10+,11-,12+,13-,14-,15-,16-,17+,18+,19+,20+/m1/s1. The van der Waals surface area contributed by atoms with E-state index in [9.17, 15) is 55.9 Å². The summed E-state index contributed by atoms with van der Waals surface area (Å²) in [5.41, 5.74) is 0.